The Labute approximate surface area is 173 Å². The lowest BCUT2D eigenvalue weighted by Crippen LogP contribution is -2.24. The molecule has 2 atom stereocenters. The monoisotopic (exact) mass is 414 g/mol. The van der Waals surface area contributed by atoms with Crippen LogP contribution in [0.2, 0.25) is 5.02 Å². The molecule has 1 N–H and O–H groups in total. The van der Waals surface area contributed by atoms with Gasteiger partial charge in [0.1, 0.15) is 5.69 Å². The van der Waals surface area contributed by atoms with Crippen LogP contribution in [0.4, 0.5) is 5.69 Å². The molecule has 9 heteroatoms. The topological polar surface area (TPSA) is 86.9 Å². The predicted molar refractivity (Wildman–Crippen MR) is 110 cm³/mol. The second kappa shape index (κ2) is 7.87. The van der Waals surface area contributed by atoms with Gasteiger partial charge in [-0.05, 0) is 31.5 Å². The number of ether oxygens (including phenoxy) is 1. The van der Waals surface area contributed by atoms with Gasteiger partial charge in [-0.3, -0.25) is 14.5 Å². The molecular formula is C20H23ClN6O2. The van der Waals surface area contributed by atoms with Gasteiger partial charge < -0.3 is 10.1 Å². The first-order valence-corrected chi connectivity index (χ1v) is 9.84. The first-order chi connectivity index (χ1) is 13.9. The molecule has 1 aliphatic carbocycles. The molecule has 1 aliphatic rings. The van der Waals surface area contributed by atoms with Crippen LogP contribution in [-0.2, 0) is 20.6 Å². The molecule has 1 saturated carbocycles. The highest BCUT2D eigenvalue weighted by atomic mass is 35.5. The van der Waals surface area contributed by atoms with Crippen LogP contribution >= 0.6 is 11.6 Å². The number of rotatable bonds is 7. The minimum Gasteiger partial charge on any atom is -0.476 e. The molecule has 29 heavy (non-hydrogen) atoms. The number of nitrogens with zero attached hydrogens (tertiary/aromatic N) is 5. The lowest BCUT2D eigenvalue weighted by atomic mass is 10.2. The normalized spacial score (nSPS) is 17.9. The van der Waals surface area contributed by atoms with Crippen LogP contribution in [0.1, 0.15) is 29.4 Å². The molecule has 4 rings (SSSR count). The van der Waals surface area contributed by atoms with Crippen LogP contribution in [0, 0.1) is 12.8 Å². The molecule has 0 unspecified atom stereocenters. The highest BCUT2D eigenvalue weighted by Gasteiger charge is 2.40. The average Bonchev–Trinajstić information content (AvgIpc) is 3.39. The van der Waals surface area contributed by atoms with Gasteiger partial charge in [-0.25, -0.2) is 4.68 Å². The average molecular weight is 415 g/mol. The van der Waals surface area contributed by atoms with Crippen molar-refractivity contribution in [3.63, 3.8) is 0 Å². The molecule has 0 spiro atoms. The van der Waals surface area contributed by atoms with Gasteiger partial charge in [0.05, 0.1) is 29.6 Å². The number of halogens is 1. The summed E-state index contributed by atoms with van der Waals surface area (Å²) in [5.41, 5.74) is 3.20. The molecule has 1 fully saturated rings. The number of hydrogen-bond donors (Lipinski definition) is 1. The van der Waals surface area contributed by atoms with Crippen LogP contribution in [0.25, 0.3) is 0 Å². The first kappa shape index (κ1) is 19.4. The molecule has 0 bridgehead atoms. The van der Waals surface area contributed by atoms with Crippen molar-refractivity contribution in [2.24, 2.45) is 20.0 Å². The number of hydrogen-bond acceptors (Lipinski definition) is 6. The minimum atomic E-state index is -0.203. The van der Waals surface area contributed by atoms with Gasteiger partial charge in [-0.2, -0.15) is 5.10 Å². The molecule has 0 aromatic carbocycles. The molecule has 0 aliphatic heterocycles. The molecule has 8 nitrogen and oxygen atoms in total. The van der Waals surface area contributed by atoms with Crippen LogP contribution in [-0.4, -0.2) is 31.2 Å². The summed E-state index contributed by atoms with van der Waals surface area (Å²) in [5.74, 6) is 1.19. The van der Waals surface area contributed by atoms with Crippen molar-refractivity contribution in [3.05, 3.63) is 62.9 Å². The van der Waals surface area contributed by atoms with E-state index in [-0.39, 0.29) is 5.56 Å². The molecule has 152 valence electrons. The van der Waals surface area contributed by atoms with Crippen molar-refractivity contribution in [1.82, 2.24) is 24.5 Å². The molecule has 3 aromatic rings. The lowest BCUT2D eigenvalue weighted by Gasteiger charge is -2.11. The minimum absolute atomic E-state index is 0.203. The Morgan fingerprint density at radius 1 is 1.24 bits per heavy atom. The van der Waals surface area contributed by atoms with Gasteiger partial charge in [0.2, 0.25) is 5.88 Å². The Balaban J connectivity index is 1.39. The van der Waals surface area contributed by atoms with Crippen molar-refractivity contribution < 1.29 is 4.74 Å². The van der Waals surface area contributed by atoms with Crippen molar-refractivity contribution in [2.45, 2.75) is 25.8 Å². The van der Waals surface area contributed by atoms with E-state index in [1.54, 1.807) is 24.0 Å². The molecule has 3 heterocycles. The Hall–Kier alpha value is -2.87. The summed E-state index contributed by atoms with van der Waals surface area (Å²) in [5, 5.41) is 12.3. The van der Waals surface area contributed by atoms with Crippen LogP contribution in [0.5, 0.6) is 5.88 Å². The largest absolute Gasteiger partial charge is 0.476 e. The maximum Gasteiger partial charge on any atom is 0.290 e. The van der Waals surface area contributed by atoms with Crippen molar-refractivity contribution in [3.8, 4) is 5.88 Å². The number of pyridine rings is 1. The molecule has 0 amide bonds. The van der Waals surface area contributed by atoms with E-state index in [0.717, 1.165) is 23.5 Å². The first-order valence-electron chi connectivity index (χ1n) is 9.46. The van der Waals surface area contributed by atoms with Gasteiger partial charge in [-0.15, -0.1) is 5.10 Å². The molecule has 0 radical (unpaired) electrons. The third-order valence-corrected chi connectivity index (χ3v) is 5.32. The quantitative estimate of drug-likeness (QED) is 0.639. The second-order valence-corrected chi connectivity index (χ2v) is 7.83. The van der Waals surface area contributed by atoms with Gasteiger partial charge in [0.25, 0.3) is 5.56 Å². The molecule has 3 aromatic heterocycles. The fourth-order valence-electron chi connectivity index (χ4n) is 3.39. The van der Waals surface area contributed by atoms with E-state index in [1.165, 1.54) is 4.68 Å². The van der Waals surface area contributed by atoms with Crippen LogP contribution in [0.15, 0.2) is 35.3 Å². The van der Waals surface area contributed by atoms with Crippen molar-refractivity contribution >= 4 is 17.3 Å². The number of anilines is 1. The van der Waals surface area contributed by atoms with E-state index in [2.05, 4.69) is 20.5 Å². The van der Waals surface area contributed by atoms with E-state index in [1.807, 2.05) is 32.2 Å². The summed E-state index contributed by atoms with van der Waals surface area (Å²) in [6, 6.07) is 7.45. The highest BCUT2D eigenvalue weighted by Crippen LogP contribution is 2.46. The fourth-order valence-corrected chi connectivity index (χ4v) is 3.50. The van der Waals surface area contributed by atoms with Gasteiger partial charge in [-0.1, -0.05) is 11.6 Å². The summed E-state index contributed by atoms with van der Waals surface area (Å²) < 4.78 is 8.96. The van der Waals surface area contributed by atoms with E-state index in [0.29, 0.717) is 41.6 Å². The van der Waals surface area contributed by atoms with E-state index >= 15 is 0 Å². The predicted octanol–water partition coefficient (Wildman–Crippen LogP) is 2.67. The zero-order valence-electron chi connectivity index (χ0n) is 16.6. The maximum absolute atomic E-state index is 12.4. The second-order valence-electron chi connectivity index (χ2n) is 7.39. The van der Waals surface area contributed by atoms with Crippen molar-refractivity contribution in [2.75, 3.05) is 11.9 Å². The molecular weight excluding hydrogens is 392 g/mol. The van der Waals surface area contributed by atoms with Crippen LogP contribution < -0.4 is 15.6 Å². The van der Waals surface area contributed by atoms with Gasteiger partial charge >= 0.3 is 0 Å². The van der Waals surface area contributed by atoms with E-state index in [4.69, 9.17) is 16.3 Å². The zero-order chi connectivity index (χ0) is 20.5. The van der Waals surface area contributed by atoms with Gasteiger partial charge in [0.15, 0.2) is 0 Å². The SMILES string of the molecule is Cc1cc(CNc2cc(OC[C@H]3C[C@@H]3c3ccc(Cl)cn3)nn(C)c2=O)n(C)n1. The summed E-state index contributed by atoms with van der Waals surface area (Å²) in [6.45, 7) is 2.95. The lowest BCUT2D eigenvalue weighted by molar-refractivity contribution is 0.278. The van der Waals surface area contributed by atoms with E-state index < -0.39 is 0 Å². The summed E-state index contributed by atoms with van der Waals surface area (Å²) in [7, 11) is 3.50. The third-order valence-electron chi connectivity index (χ3n) is 5.10. The Bertz CT molecular complexity index is 1080. The zero-order valence-corrected chi connectivity index (χ0v) is 17.3. The van der Waals surface area contributed by atoms with Crippen LogP contribution in [0.3, 0.4) is 0 Å². The van der Waals surface area contributed by atoms with Gasteiger partial charge in [0, 0.05) is 43.9 Å². The Morgan fingerprint density at radius 2 is 2.07 bits per heavy atom. The number of nitrogens with one attached hydrogen (secondary N) is 1. The molecule has 0 saturated heterocycles. The Morgan fingerprint density at radius 3 is 2.76 bits per heavy atom. The number of aromatic nitrogens is 5. The standard InChI is InChI=1S/C20H23ClN6O2/c1-12-6-15(26(2)24-12)10-23-18-8-19(25-27(3)20(18)28)29-11-13-7-16(13)17-5-4-14(21)9-22-17/h4-6,8-9,13,16,23H,7,10-11H2,1-3H3/t13-,16+/m1/s1. The smallest absolute Gasteiger partial charge is 0.290 e. The van der Waals surface area contributed by atoms with E-state index in [9.17, 15) is 4.79 Å². The summed E-state index contributed by atoms with van der Waals surface area (Å²) >= 11 is 5.90. The maximum atomic E-state index is 12.4. The highest BCUT2D eigenvalue weighted by molar-refractivity contribution is 6.30. The number of aryl methyl sites for hydroxylation is 3. The van der Waals surface area contributed by atoms with Crippen molar-refractivity contribution in [1.29, 1.82) is 0 Å². The fraction of sp³-hybridized carbons (Fsp3) is 0.400. The summed E-state index contributed by atoms with van der Waals surface area (Å²) in [6.07, 6.45) is 2.69. The Kier molecular flexibility index (Phi) is 5.27. The third kappa shape index (κ3) is 4.42. The summed E-state index contributed by atoms with van der Waals surface area (Å²) in [4.78, 5) is 16.8.